The maximum absolute atomic E-state index is 6.40. The summed E-state index contributed by atoms with van der Waals surface area (Å²) in [4.78, 5) is 2.36. The van der Waals surface area contributed by atoms with Gasteiger partial charge in [0, 0.05) is 22.4 Å². The zero-order valence-corrected chi connectivity index (χ0v) is 13.7. The van der Waals surface area contributed by atoms with Gasteiger partial charge in [-0.25, -0.2) is 0 Å². The molecule has 2 rings (SSSR count). The highest BCUT2D eigenvalue weighted by atomic mass is 35.5. The fourth-order valence-electron chi connectivity index (χ4n) is 1.85. The maximum Gasteiger partial charge on any atom is 0.0548 e. The van der Waals surface area contributed by atoms with E-state index in [9.17, 15) is 0 Å². The molecule has 0 spiro atoms. The van der Waals surface area contributed by atoms with Crippen molar-refractivity contribution in [2.24, 2.45) is 0 Å². The van der Waals surface area contributed by atoms with Gasteiger partial charge in [-0.15, -0.1) is 0 Å². The Morgan fingerprint density at radius 2 is 1.85 bits per heavy atom. The Labute approximate surface area is 130 Å². The topological polar surface area (TPSA) is 12.0 Å². The number of rotatable bonds is 5. The Balaban J connectivity index is 2.12. The molecule has 0 saturated heterocycles. The first-order valence-corrected chi connectivity index (χ1v) is 8.01. The monoisotopic (exact) mass is 305 g/mol. The molecule has 0 amide bonds. The van der Waals surface area contributed by atoms with E-state index in [4.69, 9.17) is 11.6 Å². The fraction of sp³-hybridized carbons (Fsp3) is 0.294. The fourth-order valence-corrected chi connectivity index (χ4v) is 3.07. The number of benzene rings is 2. The van der Waals surface area contributed by atoms with E-state index in [1.165, 1.54) is 16.0 Å². The Kier molecular flexibility index (Phi) is 5.53. The highest BCUT2D eigenvalue weighted by Crippen LogP contribution is 2.35. The average Bonchev–Trinajstić information content (AvgIpc) is 2.41. The van der Waals surface area contributed by atoms with E-state index in [1.807, 2.05) is 0 Å². The summed E-state index contributed by atoms with van der Waals surface area (Å²) in [6, 6.07) is 15.2. The van der Waals surface area contributed by atoms with Crippen LogP contribution in [-0.2, 0) is 6.54 Å². The van der Waals surface area contributed by atoms with Crippen LogP contribution in [0.15, 0.2) is 52.3 Å². The quantitative estimate of drug-likeness (QED) is 0.804. The second-order valence-electron chi connectivity index (χ2n) is 5.17. The molecule has 1 nitrogen and oxygen atoms in total. The minimum Gasteiger partial charge on any atom is -0.310 e. The van der Waals surface area contributed by atoms with E-state index < -0.39 is 0 Å². The van der Waals surface area contributed by atoms with Crippen molar-refractivity contribution < 1.29 is 0 Å². The molecule has 0 atom stereocenters. The van der Waals surface area contributed by atoms with Crippen LogP contribution >= 0.6 is 23.4 Å². The smallest absolute Gasteiger partial charge is 0.0548 e. The van der Waals surface area contributed by atoms with Crippen molar-refractivity contribution >= 4 is 23.4 Å². The molecule has 2 aromatic rings. The van der Waals surface area contributed by atoms with E-state index in [-0.39, 0.29) is 0 Å². The van der Waals surface area contributed by atoms with Gasteiger partial charge in [0.25, 0.3) is 0 Å². The number of hydrogen-bond acceptors (Lipinski definition) is 2. The van der Waals surface area contributed by atoms with Crippen molar-refractivity contribution in [1.82, 2.24) is 5.32 Å². The van der Waals surface area contributed by atoms with Crippen LogP contribution in [0.3, 0.4) is 0 Å². The molecule has 0 aliphatic carbocycles. The molecule has 0 heterocycles. The van der Waals surface area contributed by atoms with Crippen LogP contribution in [0.25, 0.3) is 0 Å². The highest BCUT2D eigenvalue weighted by molar-refractivity contribution is 7.99. The summed E-state index contributed by atoms with van der Waals surface area (Å²) in [7, 11) is 0. The lowest BCUT2D eigenvalue weighted by atomic mass is 10.2. The first-order valence-electron chi connectivity index (χ1n) is 6.81. The first-order chi connectivity index (χ1) is 9.56. The van der Waals surface area contributed by atoms with Gasteiger partial charge in [0.1, 0.15) is 0 Å². The van der Waals surface area contributed by atoms with Gasteiger partial charge in [0.15, 0.2) is 0 Å². The summed E-state index contributed by atoms with van der Waals surface area (Å²) in [6.07, 6.45) is 0. The van der Waals surface area contributed by atoms with E-state index in [0.717, 1.165) is 16.5 Å². The second kappa shape index (κ2) is 7.16. The molecule has 0 unspecified atom stereocenters. The van der Waals surface area contributed by atoms with Gasteiger partial charge in [-0.3, -0.25) is 0 Å². The van der Waals surface area contributed by atoms with Crippen LogP contribution in [0, 0.1) is 6.92 Å². The van der Waals surface area contributed by atoms with Crippen LogP contribution in [0.5, 0.6) is 0 Å². The Morgan fingerprint density at radius 3 is 2.50 bits per heavy atom. The van der Waals surface area contributed by atoms with Crippen molar-refractivity contribution in [1.29, 1.82) is 0 Å². The molecule has 2 aromatic carbocycles. The number of aryl methyl sites for hydroxylation is 1. The number of halogens is 1. The van der Waals surface area contributed by atoms with Crippen molar-refractivity contribution in [2.45, 2.75) is 43.1 Å². The summed E-state index contributed by atoms with van der Waals surface area (Å²) >= 11 is 8.12. The van der Waals surface area contributed by atoms with E-state index in [2.05, 4.69) is 68.6 Å². The molecule has 0 bridgehead atoms. The van der Waals surface area contributed by atoms with Crippen molar-refractivity contribution in [3.05, 3.63) is 58.6 Å². The minimum absolute atomic E-state index is 0.481. The van der Waals surface area contributed by atoms with E-state index in [1.54, 1.807) is 11.8 Å². The second-order valence-corrected chi connectivity index (χ2v) is 6.66. The van der Waals surface area contributed by atoms with Gasteiger partial charge >= 0.3 is 0 Å². The van der Waals surface area contributed by atoms with Gasteiger partial charge in [-0.05, 0) is 36.2 Å². The van der Waals surface area contributed by atoms with Crippen LogP contribution in [0.2, 0.25) is 5.02 Å². The lowest BCUT2D eigenvalue weighted by Gasteiger charge is -2.11. The number of hydrogen-bond donors (Lipinski definition) is 1. The van der Waals surface area contributed by atoms with Gasteiger partial charge in [0.2, 0.25) is 0 Å². The largest absolute Gasteiger partial charge is 0.310 e. The molecular formula is C17H20ClNS. The highest BCUT2D eigenvalue weighted by Gasteiger charge is 2.06. The summed E-state index contributed by atoms with van der Waals surface area (Å²) in [6.45, 7) is 7.26. The normalized spacial score (nSPS) is 11.1. The molecule has 0 aliphatic rings. The summed E-state index contributed by atoms with van der Waals surface area (Å²) in [5, 5.41) is 4.22. The third kappa shape index (κ3) is 4.27. The van der Waals surface area contributed by atoms with Gasteiger partial charge < -0.3 is 5.32 Å². The Morgan fingerprint density at radius 1 is 1.10 bits per heavy atom. The van der Waals surface area contributed by atoms with Crippen LogP contribution in [-0.4, -0.2) is 6.04 Å². The van der Waals surface area contributed by atoms with Gasteiger partial charge in [-0.1, -0.05) is 61.5 Å². The van der Waals surface area contributed by atoms with Crippen molar-refractivity contribution in [3.63, 3.8) is 0 Å². The lowest BCUT2D eigenvalue weighted by molar-refractivity contribution is 0.589. The van der Waals surface area contributed by atoms with Gasteiger partial charge in [-0.2, -0.15) is 0 Å². The van der Waals surface area contributed by atoms with Crippen molar-refractivity contribution in [3.8, 4) is 0 Å². The predicted molar refractivity (Wildman–Crippen MR) is 88.7 cm³/mol. The standard InChI is InChI=1S/C17H20ClNS/c1-12(2)19-11-14-8-9-17(15(18)10-14)20-16-7-5-4-6-13(16)3/h4-10,12,19H,11H2,1-3H3. The van der Waals surface area contributed by atoms with E-state index in [0.29, 0.717) is 6.04 Å². The molecule has 0 aliphatic heterocycles. The SMILES string of the molecule is Cc1ccccc1Sc1ccc(CNC(C)C)cc1Cl. The molecule has 0 fully saturated rings. The predicted octanol–water partition coefficient (Wildman–Crippen LogP) is 5.30. The molecule has 0 aromatic heterocycles. The average molecular weight is 306 g/mol. The zero-order chi connectivity index (χ0) is 14.5. The molecule has 1 N–H and O–H groups in total. The maximum atomic E-state index is 6.40. The molecule has 3 heteroatoms. The Hall–Kier alpha value is -0.960. The third-order valence-corrected chi connectivity index (χ3v) is 4.70. The Bertz CT molecular complexity index is 581. The molecular weight excluding hydrogens is 286 g/mol. The summed E-state index contributed by atoms with van der Waals surface area (Å²) in [5.41, 5.74) is 2.50. The lowest BCUT2D eigenvalue weighted by Crippen LogP contribution is -2.21. The van der Waals surface area contributed by atoms with Crippen molar-refractivity contribution in [2.75, 3.05) is 0 Å². The van der Waals surface area contributed by atoms with Gasteiger partial charge in [0.05, 0.1) is 5.02 Å². The zero-order valence-electron chi connectivity index (χ0n) is 12.1. The molecule has 0 saturated carbocycles. The third-order valence-electron chi connectivity index (χ3n) is 3.02. The molecule has 0 radical (unpaired) electrons. The van der Waals surface area contributed by atoms with Crippen LogP contribution < -0.4 is 5.32 Å². The number of nitrogens with one attached hydrogen (secondary N) is 1. The molecule has 20 heavy (non-hydrogen) atoms. The summed E-state index contributed by atoms with van der Waals surface area (Å²) in [5.74, 6) is 0. The van der Waals surface area contributed by atoms with Crippen LogP contribution in [0.4, 0.5) is 0 Å². The minimum atomic E-state index is 0.481. The van der Waals surface area contributed by atoms with E-state index >= 15 is 0 Å². The summed E-state index contributed by atoms with van der Waals surface area (Å²) < 4.78 is 0. The van der Waals surface area contributed by atoms with Crippen LogP contribution in [0.1, 0.15) is 25.0 Å². The first kappa shape index (κ1) is 15.4. The molecule has 106 valence electrons.